The normalized spacial score (nSPS) is 10.1. The van der Waals surface area contributed by atoms with Crippen LogP contribution in [0.3, 0.4) is 0 Å². The lowest BCUT2D eigenvalue weighted by Crippen LogP contribution is -2.01. The lowest BCUT2D eigenvalue weighted by molar-refractivity contribution is 0.950. The first-order valence-corrected chi connectivity index (χ1v) is 3.66. The van der Waals surface area contributed by atoms with E-state index in [2.05, 4.69) is 5.10 Å². The molecule has 2 rings (SSSR count). The van der Waals surface area contributed by atoms with Crippen molar-refractivity contribution in [3.63, 3.8) is 0 Å². The van der Waals surface area contributed by atoms with Crippen LogP contribution in [0.5, 0.6) is 0 Å². The average molecular weight is 173 g/mol. The van der Waals surface area contributed by atoms with Crippen molar-refractivity contribution in [1.82, 2.24) is 9.61 Å². The maximum absolute atomic E-state index is 8.67. The Bertz CT molecular complexity index is 505. The third-order valence-electron chi connectivity index (χ3n) is 1.87. The first-order valence-electron chi connectivity index (χ1n) is 3.66. The Kier molecular flexibility index (Phi) is 1.36. The summed E-state index contributed by atoms with van der Waals surface area (Å²) in [6.45, 7) is 0. The second kappa shape index (κ2) is 2.38. The summed E-state index contributed by atoms with van der Waals surface area (Å²) in [6.07, 6.45) is 1.40. The number of nitrogens with two attached hydrogens (primary N) is 2. The molecule has 0 saturated carbocycles. The number of nitrogen functional groups attached to an aromatic ring is 2. The van der Waals surface area contributed by atoms with Crippen LogP contribution in [0.15, 0.2) is 18.3 Å². The van der Waals surface area contributed by atoms with Gasteiger partial charge in [0.1, 0.15) is 11.9 Å². The predicted molar refractivity (Wildman–Crippen MR) is 48.7 cm³/mol. The van der Waals surface area contributed by atoms with Crippen molar-refractivity contribution in [2.24, 2.45) is 0 Å². The molecular weight excluding hydrogens is 166 g/mol. The van der Waals surface area contributed by atoms with Gasteiger partial charge in [-0.25, -0.2) is 4.52 Å². The molecule has 64 valence electrons. The predicted octanol–water partition coefficient (Wildman–Crippen LogP) is 0.370. The highest BCUT2D eigenvalue weighted by Gasteiger charge is 2.06. The molecule has 0 amide bonds. The van der Waals surface area contributed by atoms with Gasteiger partial charge < -0.3 is 11.5 Å². The summed E-state index contributed by atoms with van der Waals surface area (Å²) in [5, 5.41) is 12.6. The molecule has 13 heavy (non-hydrogen) atoms. The van der Waals surface area contributed by atoms with Gasteiger partial charge in [0, 0.05) is 0 Å². The summed E-state index contributed by atoms with van der Waals surface area (Å²) in [4.78, 5) is 0. The maximum atomic E-state index is 8.67. The van der Waals surface area contributed by atoms with Crippen LogP contribution in [0, 0.1) is 11.3 Å². The zero-order chi connectivity index (χ0) is 9.42. The maximum Gasteiger partial charge on any atom is 0.125 e. The van der Waals surface area contributed by atoms with Crippen LogP contribution in [0.4, 0.5) is 11.5 Å². The Morgan fingerprint density at radius 3 is 2.85 bits per heavy atom. The first-order chi connectivity index (χ1) is 6.24. The van der Waals surface area contributed by atoms with Crippen LogP contribution in [-0.4, -0.2) is 9.61 Å². The molecule has 0 radical (unpaired) electrons. The van der Waals surface area contributed by atoms with Gasteiger partial charge in [-0.2, -0.15) is 10.4 Å². The van der Waals surface area contributed by atoms with Crippen LogP contribution in [0.2, 0.25) is 0 Å². The van der Waals surface area contributed by atoms with Crippen LogP contribution in [0.25, 0.3) is 5.52 Å². The molecule has 0 bridgehead atoms. The Balaban J connectivity index is 2.90. The van der Waals surface area contributed by atoms with Gasteiger partial charge in [0.15, 0.2) is 0 Å². The Morgan fingerprint density at radius 1 is 1.38 bits per heavy atom. The van der Waals surface area contributed by atoms with E-state index in [1.54, 1.807) is 12.1 Å². The quantitative estimate of drug-likeness (QED) is 0.601. The molecule has 0 spiro atoms. The van der Waals surface area contributed by atoms with Crippen LogP contribution in [0.1, 0.15) is 5.56 Å². The van der Waals surface area contributed by atoms with E-state index in [4.69, 9.17) is 16.7 Å². The number of nitrogens with zero attached hydrogens (tertiary/aromatic N) is 3. The molecule has 2 aromatic heterocycles. The molecule has 0 fully saturated rings. The van der Waals surface area contributed by atoms with E-state index in [1.807, 2.05) is 6.07 Å². The molecule has 0 saturated heterocycles. The molecular formula is C8H7N5. The zero-order valence-corrected chi connectivity index (χ0v) is 6.73. The van der Waals surface area contributed by atoms with Gasteiger partial charge >= 0.3 is 0 Å². The zero-order valence-electron chi connectivity index (χ0n) is 6.73. The van der Waals surface area contributed by atoms with Crippen LogP contribution in [-0.2, 0) is 0 Å². The minimum absolute atomic E-state index is 0.366. The minimum Gasteiger partial charge on any atom is -0.396 e. The topological polar surface area (TPSA) is 93.1 Å². The van der Waals surface area contributed by atoms with Gasteiger partial charge in [-0.15, -0.1) is 0 Å². The summed E-state index contributed by atoms with van der Waals surface area (Å²) < 4.78 is 1.50. The van der Waals surface area contributed by atoms with E-state index in [-0.39, 0.29) is 0 Å². The molecule has 0 atom stereocenters. The monoisotopic (exact) mass is 173 g/mol. The third-order valence-corrected chi connectivity index (χ3v) is 1.87. The van der Waals surface area contributed by atoms with E-state index in [1.165, 1.54) is 10.7 Å². The van der Waals surface area contributed by atoms with Gasteiger partial charge in [0.05, 0.1) is 23.0 Å². The summed E-state index contributed by atoms with van der Waals surface area (Å²) in [5.74, 6) is 0.506. The SMILES string of the molecule is N#Cc1cnn2c(N)ccc2c1N. The molecule has 0 aliphatic heterocycles. The lowest BCUT2D eigenvalue weighted by Gasteiger charge is -2.00. The second-order valence-electron chi connectivity index (χ2n) is 2.64. The number of anilines is 2. The van der Waals surface area contributed by atoms with Crippen LogP contribution < -0.4 is 11.5 Å². The highest BCUT2D eigenvalue weighted by molar-refractivity contribution is 5.76. The van der Waals surface area contributed by atoms with E-state index < -0.39 is 0 Å². The summed E-state index contributed by atoms with van der Waals surface area (Å²) in [6, 6.07) is 5.38. The fourth-order valence-corrected chi connectivity index (χ4v) is 1.19. The number of hydrogen-bond donors (Lipinski definition) is 2. The molecule has 4 N–H and O–H groups in total. The van der Waals surface area contributed by atoms with Crippen molar-refractivity contribution < 1.29 is 0 Å². The van der Waals surface area contributed by atoms with Crippen molar-refractivity contribution in [2.45, 2.75) is 0 Å². The van der Waals surface area contributed by atoms with E-state index in [0.29, 0.717) is 22.6 Å². The smallest absolute Gasteiger partial charge is 0.125 e. The van der Waals surface area contributed by atoms with Crippen molar-refractivity contribution in [1.29, 1.82) is 5.26 Å². The fraction of sp³-hybridized carbons (Fsp3) is 0. The van der Waals surface area contributed by atoms with Crippen molar-refractivity contribution in [2.75, 3.05) is 11.5 Å². The number of hydrogen-bond acceptors (Lipinski definition) is 4. The number of rotatable bonds is 0. The van der Waals surface area contributed by atoms with Crippen molar-refractivity contribution in [3.05, 3.63) is 23.9 Å². The number of nitriles is 1. The lowest BCUT2D eigenvalue weighted by atomic mass is 10.2. The highest BCUT2D eigenvalue weighted by atomic mass is 15.2. The number of aromatic nitrogens is 2. The molecule has 5 nitrogen and oxygen atoms in total. The molecule has 2 aromatic rings. The van der Waals surface area contributed by atoms with Gasteiger partial charge in [0.25, 0.3) is 0 Å². The van der Waals surface area contributed by atoms with Gasteiger partial charge in [-0.05, 0) is 12.1 Å². The Labute approximate surface area is 74.2 Å². The van der Waals surface area contributed by atoms with E-state index in [9.17, 15) is 0 Å². The van der Waals surface area contributed by atoms with Gasteiger partial charge in [-0.1, -0.05) is 0 Å². The standard InChI is InChI=1S/C8H7N5/c9-3-5-4-12-13-6(8(5)11)1-2-7(13)10/h1-2,4H,10-11H2. The minimum atomic E-state index is 0.366. The van der Waals surface area contributed by atoms with Crippen molar-refractivity contribution in [3.8, 4) is 6.07 Å². The Morgan fingerprint density at radius 2 is 2.15 bits per heavy atom. The Hall–Kier alpha value is -2.22. The molecule has 2 heterocycles. The summed E-state index contributed by atoms with van der Waals surface area (Å²) >= 11 is 0. The molecule has 0 unspecified atom stereocenters. The molecule has 0 aliphatic rings. The fourth-order valence-electron chi connectivity index (χ4n) is 1.19. The number of fused-ring (bicyclic) bond motifs is 1. The highest BCUT2D eigenvalue weighted by Crippen LogP contribution is 2.19. The van der Waals surface area contributed by atoms with Gasteiger partial charge in [-0.3, -0.25) is 0 Å². The summed E-state index contributed by atoms with van der Waals surface area (Å²) in [7, 11) is 0. The second-order valence-corrected chi connectivity index (χ2v) is 2.64. The molecule has 0 aliphatic carbocycles. The summed E-state index contributed by atoms with van der Waals surface area (Å²) in [5.41, 5.74) is 12.7. The molecule has 0 aromatic carbocycles. The average Bonchev–Trinajstić information content (AvgIpc) is 2.50. The van der Waals surface area contributed by atoms with E-state index in [0.717, 1.165) is 0 Å². The van der Waals surface area contributed by atoms with Crippen molar-refractivity contribution >= 4 is 17.0 Å². The van der Waals surface area contributed by atoms with Gasteiger partial charge in [0.2, 0.25) is 0 Å². The van der Waals surface area contributed by atoms with Crippen LogP contribution >= 0.6 is 0 Å². The van der Waals surface area contributed by atoms with E-state index >= 15 is 0 Å². The first kappa shape index (κ1) is 7.43. The third kappa shape index (κ3) is 0.891. The molecule has 5 heteroatoms. The largest absolute Gasteiger partial charge is 0.396 e.